The molecule has 0 saturated carbocycles. The van der Waals surface area contributed by atoms with Crippen LogP contribution in [0.1, 0.15) is 62.9 Å². The van der Waals surface area contributed by atoms with Crippen LogP contribution in [-0.4, -0.2) is 37.0 Å². The number of fused-ring (bicyclic) bond motifs is 3. The molecule has 1 aliphatic heterocycles. The van der Waals surface area contributed by atoms with Crippen LogP contribution in [0.5, 0.6) is 11.5 Å². The second-order valence-electron chi connectivity index (χ2n) is 10.7. The summed E-state index contributed by atoms with van der Waals surface area (Å²) in [6, 6.07) is 21.2. The van der Waals surface area contributed by atoms with Gasteiger partial charge >= 0.3 is 6.09 Å². The van der Waals surface area contributed by atoms with E-state index in [2.05, 4.69) is 63.9 Å². The lowest BCUT2D eigenvalue weighted by Gasteiger charge is -2.35. The highest BCUT2D eigenvalue weighted by Gasteiger charge is 2.36. The van der Waals surface area contributed by atoms with Crippen LogP contribution in [0.15, 0.2) is 66.7 Å². The summed E-state index contributed by atoms with van der Waals surface area (Å²) in [6.45, 7) is 7.96. The number of H-pyrrole nitrogens is 1. The maximum Gasteiger partial charge on any atom is 0.416 e. The molecule has 202 valence electrons. The monoisotopic (exact) mass is 542 g/mol. The average Bonchev–Trinajstić information content (AvgIpc) is 3.33. The van der Waals surface area contributed by atoms with E-state index in [1.54, 1.807) is 24.3 Å². The molecule has 4 aromatic rings. The predicted molar refractivity (Wildman–Crippen MR) is 161 cm³/mol. The van der Waals surface area contributed by atoms with Crippen molar-refractivity contribution < 1.29 is 14.3 Å². The lowest BCUT2D eigenvalue weighted by molar-refractivity contribution is 0.127. The minimum atomic E-state index is -0.387. The van der Waals surface area contributed by atoms with Crippen LogP contribution in [0.3, 0.4) is 0 Å². The van der Waals surface area contributed by atoms with Crippen LogP contribution in [0.4, 0.5) is 4.79 Å². The van der Waals surface area contributed by atoms with Gasteiger partial charge in [-0.3, -0.25) is 4.90 Å². The van der Waals surface area contributed by atoms with E-state index in [1.165, 1.54) is 16.4 Å². The third-order valence-electron chi connectivity index (χ3n) is 8.53. The molecule has 1 atom stereocenters. The Morgan fingerprint density at radius 1 is 1.00 bits per heavy atom. The maximum absolute atomic E-state index is 13.5. The van der Waals surface area contributed by atoms with E-state index in [0.29, 0.717) is 23.9 Å². The largest absolute Gasteiger partial charge is 0.493 e. The molecule has 39 heavy (non-hydrogen) atoms. The van der Waals surface area contributed by atoms with Gasteiger partial charge in [0.25, 0.3) is 0 Å². The normalized spacial score (nSPS) is 15.3. The number of hydrogen-bond donors (Lipinski definition) is 1. The molecule has 0 bridgehead atoms. The number of benzene rings is 3. The molecule has 0 fully saturated rings. The minimum Gasteiger partial charge on any atom is -0.493 e. The molecule has 0 aliphatic carbocycles. The highest BCUT2D eigenvalue weighted by Crippen LogP contribution is 2.39. The number of carbonyl (C=O) groups excluding carboxylic acids is 1. The van der Waals surface area contributed by atoms with Gasteiger partial charge in [-0.2, -0.15) is 0 Å². The predicted octanol–water partition coefficient (Wildman–Crippen LogP) is 6.82. The Labute approximate surface area is 236 Å². The zero-order valence-corrected chi connectivity index (χ0v) is 24.0. The summed E-state index contributed by atoms with van der Waals surface area (Å²) in [5.41, 5.74) is 5.79. The van der Waals surface area contributed by atoms with Crippen molar-refractivity contribution in [2.24, 2.45) is 5.41 Å². The first-order valence-corrected chi connectivity index (χ1v) is 14.3. The van der Waals surface area contributed by atoms with Crippen molar-refractivity contribution in [3.05, 3.63) is 88.6 Å². The van der Waals surface area contributed by atoms with E-state index in [9.17, 15) is 4.79 Å². The van der Waals surface area contributed by atoms with E-state index in [-0.39, 0.29) is 17.6 Å². The molecular weight excluding hydrogens is 507 g/mol. The summed E-state index contributed by atoms with van der Waals surface area (Å²) >= 11 is 6.03. The Kier molecular flexibility index (Phi) is 7.94. The fourth-order valence-corrected chi connectivity index (χ4v) is 5.77. The third kappa shape index (κ3) is 5.53. The number of nitrogens with one attached hydrogen (secondary N) is 1. The van der Waals surface area contributed by atoms with Gasteiger partial charge in [-0.05, 0) is 79.3 Å². The highest BCUT2D eigenvalue weighted by atomic mass is 35.5. The molecular formula is C32H36BClN2O3. The van der Waals surface area contributed by atoms with Crippen LogP contribution in [0.25, 0.3) is 10.9 Å². The van der Waals surface area contributed by atoms with Gasteiger partial charge in [-0.25, -0.2) is 4.79 Å². The summed E-state index contributed by atoms with van der Waals surface area (Å²) in [5, 5.41) is 1.82. The zero-order chi connectivity index (χ0) is 27.6. The van der Waals surface area contributed by atoms with Gasteiger partial charge in [0.2, 0.25) is 0 Å². The minimum absolute atomic E-state index is 0.196. The Morgan fingerprint density at radius 2 is 1.67 bits per heavy atom. The number of aromatic amines is 1. The van der Waals surface area contributed by atoms with Crippen LogP contribution in [0.2, 0.25) is 5.02 Å². The van der Waals surface area contributed by atoms with Crippen molar-refractivity contribution in [3.63, 3.8) is 0 Å². The molecule has 5 rings (SSSR count). The van der Waals surface area contributed by atoms with Crippen molar-refractivity contribution in [1.82, 2.24) is 9.88 Å². The van der Waals surface area contributed by atoms with Gasteiger partial charge in [0, 0.05) is 33.6 Å². The number of aromatic nitrogens is 1. The third-order valence-corrected chi connectivity index (χ3v) is 8.78. The van der Waals surface area contributed by atoms with Crippen molar-refractivity contribution >= 4 is 41.9 Å². The van der Waals surface area contributed by atoms with Crippen LogP contribution < -0.4 is 14.9 Å². The number of ether oxygens (including phenoxy) is 2. The molecule has 1 unspecified atom stereocenters. The van der Waals surface area contributed by atoms with Gasteiger partial charge in [-0.15, -0.1) is 0 Å². The summed E-state index contributed by atoms with van der Waals surface area (Å²) in [7, 11) is 2.11. The summed E-state index contributed by atoms with van der Waals surface area (Å²) in [4.78, 5) is 19.0. The van der Waals surface area contributed by atoms with E-state index >= 15 is 0 Å². The highest BCUT2D eigenvalue weighted by molar-refractivity contribution is 6.33. The molecule has 0 saturated heterocycles. The molecule has 1 amide bonds. The van der Waals surface area contributed by atoms with Crippen LogP contribution >= 0.6 is 11.6 Å². The van der Waals surface area contributed by atoms with Crippen LogP contribution in [-0.2, 0) is 6.42 Å². The van der Waals surface area contributed by atoms with Crippen molar-refractivity contribution in [1.29, 1.82) is 0 Å². The lowest BCUT2D eigenvalue weighted by atomic mass is 9.81. The van der Waals surface area contributed by atoms with Gasteiger partial charge in [0.05, 0.1) is 6.61 Å². The first-order chi connectivity index (χ1) is 18.9. The van der Waals surface area contributed by atoms with Crippen molar-refractivity contribution in [2.45, 2.75) is 52.5 Å². The Morgan fingerprint density at radius 3 is 2.33 bits per heavy atom. The number of rotatable bonds is 8. The second kappa shape index (κ2) is 11.4. The number of halogens is 1. The molecule has 1 aliphatic rings. The number of nitrogens with zero attached hydrogens (tertiary/aromatic N) is 1. The molecule has 0 radical (unpaired) electrons. The van der Waals surface area contributed by atoms with Gasteiger partial charge in [0.1, 0.15) is 25.4 Å². The Balaban J connectivity index is 1.47. The quantitative estimate of drug-likeness (QED) is 0.249. The van der Waals surface area contributed by atoms with Crippen molar-refractivity contribution in [3.8, 4) is 11.5 Å². The first kappa shape index (κ1) is 27.2. The van der Waals surface area contributed by atoms with Gasteiger partial charge < -0.3 is 14.5 Å². The number of amides is 1. The Hall–Kier alpha value is -3.38. The Bertz CT molecular complexity index is 1440. The molecule has 7 heteroatoms. The lowest BCUT2D eigenvalue weighted by Crippen LogP contribution is -2.42. The van der Waals surface area contributed by atoms with Crippen LogP contribution in [0, 0.1) is 5.41 Å². The fourth-order valence-electron chi connectivity index (χ4n) is 5.65. The standard InChI is InChI=1S/C32H36BClN2O3/c1-4-32(5-2,6-3)20-38-24-12-7-21(8-13-24)30-29-26(27-19-22(33)9-16-28(27)35-29)17-18-36(30)31(37)39-25-14-10-23(34)11-15-25/h7-16,19,30,35H,4-6,17-18,20,33H2,1-3H3. The fraction of sp³-hybridized carbons (Fsp3) is 0.344. The molecule has 2 heterocycles. The van der Waals surface area contributed by atoms with Gasteiger partial charge in [0.15, 0.2) is 0 Å². The van der Waals surface area contributed by atoms with E-state index in [1.807, 2.05) is 17.0 Å². The molecule has 5 nitrogen and oxygen atoms in total. The summed E-state index contributed by atoms with van der Waals surface area (Å²) in [6.07, 6.45) is 3.63. The number of hydrogen-bond acceptors (Lipinski definition) is 3. The van der Waals surface area contributed by atoms with E-state index < -0.39 is 0 Å². The smallest absolute Gasteiger partial charge is 0.416 e. The molecule has 3 aromatic carbocycles. The number of carbonyl (C=O) groups is 1. The first-order valence-electron chi connectivity index (χ1n) is 13.9. The SMILES string of the molecule is Bc1ccc2[nH]c3c(c2c1)CCN(C(=O)Oc1ccc(Cl)cc1)C3c1ccc(OCC(CC)(CC)CC)cc1. The molecule has 0 spiro atoms. The maximum atomic E-state index is 13.5. The zero-order valence-electron chi connectivity index (χ0n) is 23.2. The van der Waals surface area contributed by atoms with Gasteiger partial charge in [-0.1, -0.05) is 62.1 Å². The average molecular weight is 543 g/mol. The summed E-state index contributed by atoms with van der Waals surface area (Å²) < 4.78 is 12.1. The van der Waals surface area contributed by atoms with E-state index in [4.69, 9.17) is 21.1 Å². The van der Waals surface area contributed by atoms with E-state index in [0.717, 1.165) is 48.2 Å². The molecule has 1 aromatic heterocycles. The van der Waals surface area contributed by atoms with Crippen molar-refractivity contribution in [2.75, 3.05) is 13.2 Å². The second-order valence-corrected chi connectivity index (χ2v) is 11.1. The topological polar surface area (TPSA) is 54.6 Å². The molecule has 1 N–H and O–H groups in total. The summed E-state index contributed by atoms with van der Waals surface area (Å²) in [5.74, 6) is 1.31.